The van der Waals surface area contributed by atoms with Crippen LogP contribution in [0.1, 0.15) is 11.1 Å². The molecule has 1 N–H and O–H groups in total. The normalized spacial score (nSPS) is 12.6. The number of hydrogen-bond acceptors (Lipinski definition) is 5. The molecule has 0 aliphatic carbocycles. The van der Waals surface area contributed by atoms with Crippen LogP contribution in [-0.2, 0) is 21.2 Å². The Morgan fingerprint density at radius 2 is 1.74 bits per heavy atom. The number of aryl methyl sites for hydroxylation is 1. The standard InChI is InChI=1S/C19H23NO6S/c1-13-5-8-16(9-6-13)27(23,24)20(2)17(19(21)22)12-14-11-15(25-3)7-10-18(14)26-4/h5-11,17H,12H2,1-4H3,(H,21,22)/t17-/m1/s1. The zero-order valence-electron chi connectivity index (χ0n) is 15.7. The van der Waals surface area contributed by atoms with E-state index in [2.05, 4.69) is 0 Å². The van der Waals surface area contributed by atoms with Crippen LogP contribution in [-0.4, -0.2) is 51.1 Å². The molecule has 0 aliphatic heterocycles. The molecule has 2 aromatic rings. The van der Waals surface area contributed by atoms with Crippen molar-refractivity contribution in [3.8, 4) is 11.5 Å². The molecule has 0 aromatic heterocycles. The van der Waals surface area contributed by atoms with E-state index >= 15 is 0 Å². The molecule has 27 heavy (non-hydrogen) atoms. The van der Waals surface area contributed by atoms with Crippen LogP contribution < -0.4 is 9.47 Å². The Morgan fingerprint density at radius 3 is 2.26 bits per heavy atom. The van der Waals surface area contributed by atoms with Crippen molar-refractivity contribution in [3.63, 3.8) is 0 Å². The maximum Gasteiger partial charge on any atom is 0.322 e. The number of aliphatic carboxylic acids is 1. The summed E-state index contributed by atoms with van der Waals surface area (Å²) >= 11 is 0. The van der Waals surface area contributed by atoms with E-state index < -0.39 is 22.0 Å². The van der Waals surface area contributed by atoms with Gasteiger partial charge in [0.1, 0.15) is 17.5 Å². The second kappa shape index (κ2) is 8.41. The lowest BCUT2D eigenvalue weighted by Crippen LogP contribution is -2.43. The highest BCUT2D eigenvalue weighted by molar-refractivity contribution is 7.89. The van der Waals surface area contributed by atoms with Gasteiger partial charge in [0.05, 0.1) is 19.1 Å². The van der Waals surface area contributed by atoms with E-state index in [1.54, 1.807) is 30.3 Å². The summed E-state index contributed by atoms with van der Waals surface area (Å²) in [6.45, 7) is 1.84. The van der Waals surface area contributed by atoms with Crippen molar-refractivity contribution in [1.29, 1.82) is 0 Å². The molecule has 1 atom stereocenters. The van der Waals surface area contributed by atoms with Gasteiger partial charge in [-0.1, -0.05) is 17.7 Å². The average Bonchev–Trinajstić information content (AvgIpc) is 2.65. The van der Waals surface area contributed by atoms with Gasteiger partial charge in [-0.2, -0.15) is 4.31 Å². The number of hydrogen-bond donors (Lipinski definition) is 1. The lowest BCUT2D eigenvalue weighted by atomic mass is 10.0. The summed E-state index contributed by atoms with van der Waals surface area (Å²) in [7, 11) is 0.250. The molecule has 0 saturated carbocycles. The third-order valence-electron chi connectivity index (χ3n) is 4.32. The van der Waals surface area contributed by atoms with Crippen molar-refractivity contribution >= 4 is 16.0 Å². The average molecular weight is 393 g/mol. The Labute approximate surface area is 159 Å². The first-order valence-electron chi connectivity index (χ1n) is 8.19. The van der Waals surface area contributed by atoms with Crippen molar-refractivity contribution in [2.45, 2.75) is 24.3 Å². The predicted octanol–water partition coefficient (Wildman–Crippen LogP) is 2.33. The molecule has 0 radical (unpaired) electrons. The van der Waals surface area contributed by atoms with Crippen molar-refractivity contribution in [3.05, 3.63) is 53.6 Å². The van der Waals surface area contributed by atoms with Gasteiger partial charge >= 0.3 is 5.97 Å². The van der Waals surface area contributed by atoms with Crippen LogP contribution in [0.4, 0.5) is 0 Å². The van der Waals surface area contributed by atoms with Gasteiger partial charge in [-0.15, -0.1) is 0 Å². The van der Waals surface area contributed by atoms with Crippen molar-refractivity contribution in [1.82, 2.24) is 4.31 Å². The highest BCUT2D eigenvalue weighted by Crippen LogP contribution is 2.27. The smallest absolute Gasteiger partial charge is 0.322 e. The first-order chi connectivity index (χ1) is 12.7. The Bertz CT molecular complexity index is 908. The zero-order valence-corrected chi connectivity index (χ0v) is 16.5. The van der Waals surface area contributed by atoms with Gasteiger partial charge in [-0.25, -0.2) is 8.42 Å². The summed E-state index contributed by atoms with van der Waals surface area (Å²) in [5.41, 5.74) is 1.45. The summed E-state index contributed by atoms with van der Waals surface area (Å²) in [6.07, 6.45) is -0.0721. The van der Waals surface area contributed by atoms with Gasteiger partial charge in [0.25, 0.3) is 0 Å². The molecule has 2 rings (SSSR count). The van der Waals surface area contributed by atoms with Crippen molar-refractivity contribution < 1.29 is 27.8 Å². The summed E-state index contributed by atoms with van der Waals surface area (Å²) in [6, 6.07) is 9.94. The third kappa shape index (κ3) is 4.58. The number of methoxy groups -OCH3 is 2. The summed E-state index contributed by atoms with van der Waals surface area (Å²) < 4.78 is 37.0. The maximum atomic E-state index is 12.9. The van der Waals surface area contributed by atoms with E-state index in [1.165, 1.54) is 33.4 Å². The minimum absolute atomic E-state index is 0.0412. The number of rotatable bonds is 8. The number of carbonyl (C=O) groups is 1. The zero-order chi connectivity index (χ0) is 20.2. The molecule has 0 amide bonds. The number of nitrogens with zero attached hydrogens (tertiary/aromatic N) is 1. The summed E-state index contributed by atoms with van der Waals surface area (Å²) in [5, 5.41) is 9.67. The molecule has 0 bridgehead atoms. The van der Waals surface area contributed by atoms with Crippen LogP contribution in [0.2, 0.25) is 0 Å². The van der Waals surface area contributed by atoms with Crippen LogP contribution in [0.15, 0.2) is 47.4 Å². The molecule has 146 valence electrons. The fourth-order valence-electron chi connectivity index (χ4n) is 2.67. The molecule has 0 aliphatic rings. The molecule has 0 fully saturated rings. The summed E-state index contributed by atoms with van der Waals surface area (Å²) in [5.74, 6) is -0.264. The Hall–Kier alpha value is -2.58. The van der Waals surface area contributed by atoms with Crippen LogP contribution in [0, 0.1) is 6.92 Å². The van der Waals surface area contributed by atoms with Crippen molar-refractivity contribution in [2.24, 2.45) is 0 Å². The van der Waals surface area contributed by atoms with E-state index in [0.29, 0.717) is 17.1 Å². The van der Waals surface area contributed by atoms with Crippen LogP contribution in [0.25, 0.3) is 0 Å². The van der Waals surface area contributed by atoms with E-state index in [0.717, 1.165) is 9.87 Å². The van der Waals surface area contributed by atoms with Gasteiger partial charge < -0.3 is 14.6 Å². The van der Waals surface area contributed by atoms with Crippen LogP contribution >= 0.6 is 0 Å². The molecule has 2 aromatic carbocycles. The number of benzene rings is 2. The van der Waals surface area contributed by atoms with Gasteiger partial charge in [-0.05, 0) is 42.8 Å². The maximum absolute atomic E-state index is 12.9. The molecule has 7 nitrogen and oxygen atoms in total. The molecule has 0 spiro atoms. The number of carboxylic acid groups (broad SMARTS) is 1. The van der Waals surface area contributed by atoms with E-state index in [1.807, 2.05) is 6.92 Å². The fourth-order valence-corrected chi connectivity index (χ4v) is 3.98. The first kappa shape index (κ1) is 20.7. The Kier molecular flexibility index (Phi) is 6.45. The van der Waals surface area contributed by atoms with E-state index in [-0.39, 0.29) is 11.3 Å². The second-order valence-corrected chi connectivity index (χ2v) is 8.07. The van der Waals surface area contributed by atoms with Gasteiger partial charge in [0.15, 0.2) is 0 Å². The lowest BCUT2D eigenvalue weighted by Gasteiger charge is -2.25. The van der Waals surface area contributed by atoms with Gasteiger partial charge in [0.2, 0.25) is 10.0 Å². The van der Waals surface area contributed by atoms with E-state index in [4.69, 9.17) is 9.47 Å². The molecule has 0 unspecified atom stereocenters. The minimum Gasteiger partial charge on any atom is -0.497 e. The first-order valence-corrected chi connectivity index (χ1v) is 9.63. The summed E-state index contributed by atoms with van der Waals surface area (Å²) in [4.78, 5) is 11.9. The largest absolute Gasteiger partial charge is 0.497 e. The van der Waals surface area contributed by atoms with E-state index in [9.17, 15) is 18.3 Å². The highest BCUT2D eigenvalue weighted by Gasteiger charge is 2.33. The lowest BCUT2D eigenvalue weighted by molar-refractivity contribution is -0.141. The number of carboxylic acids is 1. The SMILES string of the molecule is COc1ccc(OC)c(C[C@H](C(=O)O)N(C)S(=O)(=O)c2ccc(C)cc2)c1. The minimum atomic E-state index is -3.97. The number of ether oxygens (including phenoxy) is 2. The molecule has 8 heteroatoms. The van der Waals surface area contributed by atoms with Crippen LogP contribution in [0.5, 0.6) is 11.5 Å². The number of sulfonamides is 1. The van der Waals surface area contributed by atoms with Gasteiger partial charge in [0, 0.05) is 13.5 Å². The van der Waals surface area contributed by atoms with Crippen molar-refractivity contribution in [2.75, 3.05) is 21.3 Å². The third-order valence-corrected chi connectivity index (χ3v) is 6.20. The molecular formula is C19H23NO6S. The molecular weight excluding hydrogens is 370 g/mol. The topological polar surface area (TPSA) is 93.1 Å². The van der Waals surface area contributed by atoms with Gasteiger partial charge in [-0.3, -0.25) is 4.79 Å². The Balaban J connectivity index is 2.40. The molecule has 0 saturated heterocycles. The number of likely N-dealkylation sites (N-methyl/N-ethyl adjacent to an activating group) is 1. The second-order valence-electron chi connectivity index (χ2n) is 6.07. The Morgan fingerprint density at radius 1 is 1.11 bits per heavy atom. The molecule has 0 heterocycles. The van der Waals surface area contributed by atoms with Crippen LogP contribution in [0.3, 0.4) is 0 Å². The monoisotopic (exact) mass is 393 g/mol. The predicted molar refractivity (Wildman–Crippen MR) is 101 cm³/mol. The fraction of sp³-hybridized carbons (Fsp3) is 0.316. The quantitative estimate of drug-likeness (QED) is 0.740. The highest BCUT2D eigenvalue weighted by atomic mass is 32.2.